The summed E-state index contributed by atoms with van der Waals surface area (Å²) in [6.45, 7) is 0.266. The Morgan fingerprint density at radius 1 is 0.621 bits per heavy atom. The Morgan fingerprint density at radius 2 is 1.03 bits per heavy atom. The molecule has 148 valence electrons. The van der Waals surface area contributed by atoms with Crippen LogP contribution in [-0.4, -0.2) is 31.3 Å². The van der Waals surface area contributed by atoms with Gasteiger partial charge in [0.1, 0.15) is 19.3 Å². The Bertz CT molecular complexity index is 839. The van der Waals surface area contributed by atoms with Gasteiger partial charge in [-0.2, -0.15) is 0 Å². The number of hydrogen-bond acceptors (Lipinski definition) is 5. The van der Waals surface area contributed by atoms with Gasteiger partial charge in [-0.3, -0.25) is 0 Å². The molecule has 0 saturated carbocycles. The Labute approximate surface area is 169 Å². The van der Waals surface area contributed by atoms with Gasteiger partial charge in [0.05, 0.1) is 17.7 Å². The zero-order valence-electron chi connectivity index (χ0n) is 15.9. The quantitative estimate of drug-likeness (QED) is 0.510. The van der Waals surface area contributed by atoms with E-state index < -0.39 is 18.0 Å². The molecule has 3 aromatic carbocycles. The van der Waals surface area contributed by atoms with Crippen molar-refractivity contribution in [3.05, 3.63) is 108 Å². The summed E-state index contributed by atoms with van der Waals surface area (Å²) in [7, 11) is 0. The molecule has 5 heteroatoms. The molecule has 0 amide bonds. The first-order valence-electron chi connectivity index (χ1n) is 9.32. The molecule has 0 aliphatic carbocycles. The van der Waals surface area contributed by atoms with Gasteiger partial charge < -0.3 is 14.2 Å². The van der Waals surface area contributed by atoms with Crippen molar-refractivity contribution in [2.75, 3.05) is 13.2 Å². The van der Waals surface area contributed by atoms with E-state index >= 15 is 0 Å². The summed E-state index contributed by atoms with van der Waals surface area (Å²) in [5, 5.41) is 0. The van der Waals surface area contributed by atoms with Crippen LogP contribution in [0.5, 0.6) is 0 Å². The fraction of sp³-hybridized carbons (Fsp3) is 0.167. The van der Waals surface area contributed by atoms with Crippen LogP contribution in [0.25, 0.3) is 0 Å². The number of benzene rings is 3. The standard InChI is InChI=1S/C24H22O5/c25-23(20-12-6-2-7-13-20)28-17-22(27-16-19-10-4-1-5-11-19)18-29-24(26)21-14-8-3-9-15-21/h1-15,22H,16-18H2. The summed E-state index contributed by atoms with van der Waals surface area (Å²) < 4.78 is 16.6. The molecule has 0 N–H and O–H groups in total. The molecule has 0 spiro atoms. The second-order valence-electron chi connectivity index (χ2n) is 6.35. The first-order chi connectivity index (χ1) is 14.2. The van der Waals surface area contributed by atoms with Gasteiger partial charge in [-0.1, -0.05) is 66.7 Å². The molecule has 0 heterocycles. The largest absolute Gasteiger partial charge is 0.459 e. The van der Waals surface area contributed by atoms with Crippen LogP contribution in [-0.2, 0) is 20.8 Å². The van der Waals surface area contributed by atoms with Crippen LogP contribution in [0.3, 0.4) is 0 Å². The van der Waals surface area contributed by atoms with Crippen LogP contribution in [0.2, 0.25) is 0 Å². The van der Waals surface area contributed by atoms with E-state index in [-0.39, 0.29) is 13.2 Å². The van der Waals surface area contributed by atoms with Crippen molar-refractivity contribution in [1.82, 2.24) is 0 Å². The van der Waals surface area contributed by atoms with Crippen molar-refractivity contribution < 1.29 is 23.8 Å². The molecule has 0 aliphatic heterocycles. The molecule has 5 nitrogen and oxygen atoms in total. The Hall–Kier alpha value is -3.44. The monoisotopic (exact) mass is 390 g/mol. The van der Waals surface area contributed by atoms with Gasteiger partial charge in [0.25, 0.3) is 0 Å². The summed E-state index contributed by atoms with van der Waals surface area (Å²) in [4.78, 5) is 24.4. The van der Waals surface area contributed by atoms with Crippen molar-refractivity contribution >= 4 is 11.9 Å². The lowest BCUT2D eigenvalue weighted by atomic mass is 10.2. The van der Waals surface area contributed by atoms with E-state index in [9.17, 15) is 9.59 Å². The highest BCUT2D eigenvalue weighted by Crippen LogP contribution is 2.09. The minimum atomic E-state index is -0.587. The number of ether oxygens (including phenoxy) is 3. The van der Waals surface area contributed by atoms with Crippen LogP contribution < -0.4 is 0 Å². The summed E-state index contributed by atoms with van der Waals surface area (Å²) in [5.41, 5.74) is 1.88. The minimum Gasteiger partial charge on any atom is -0.459 e. The van der Waals surface area contributed by atoms with Gasteiger partial charge in [-0.25, -0.2) is 9.59 Å². The molecular formula is C24H22O5. The maximum absolute atomic E-state index is 12.2. The molecular weight excluding hydrogens is 368 g/mol. The number of carbonyl (C=O) groups excluding carboxylic acids is 2. The molecule has 3 aromatic rings. The molecule has 0 saturated heterocycles. The number of rotatable bonds is 9. The lowest BCUT2D eigenvalue weighted by Crippen LogP contribution is -2.28. The summed E-state index contributed by atoms with van der Waals surface area (Å²) in [6.07, 6.45) is -0.587. The van der Waals surface area contributed by atoms with E-state index in [0.29, 0.717) is 17.7 Å². The molecule has 0 fully saturated rings. The molecule has 0 atom stereocenters. The van der Waals surface area contributed by atoms with Gasteiger partial charge in [-0.15, -0.1) is 0 Å². The topological polar surface area (TPSA) is 61.8 Å². The van der Waals surface area contributed by atoms with Crippen molar-refractivity contribution in [3.63, 3.8) is 0 Å². The summed E-state index contributed by atoms with van der Waals surface area (Å²) in [5.74, 6) is -0.901. The SMILES string of the molecule is O=C(OCC(COC(=O)c1ccccc1)OCc1ccccc1)c1ccccc1. The fourth-order valence-corrected chi connectivity index (χ4v) is 2.59. The van der Waals surface area contributed by atoms with Crippen LogP contribution in [0.1, 0.15) is 26.3 Å². The average molecular weight is 390 g/mol. The van der Waals surface area contributed by atoms with Gasteiger partial charge in [0.2, 0.25) is 0 Å². The van der Waals surface area contributed by atoms with E-state index in [1.165, 1.54) is 0 Å². The highest BCUT2D eigenvalue weighted by molar-refractivity contribution is 5.89. The van der Waals surface area contributed by atoms with Crippen molar-refractivity contribution in [2.45, 2.75) is 12.7 Å². The van der Waals surface area contributed by atoms with Crippen LogP contribution in [0.4, 0.5) is 0 Å². The maximum atomic E-state index is 12.2. The number of hydrogen-bond donors (Lipinski definition) is 0. The van der Waals surface area contributed by atoms with Gasteiger partial charge >= 0.3 is 11.9 Å². The molecule has 0 aliphatic rings. The highest BCUT2D eigenvalue weighted by atomic mass is 16.6. The Kier molecular flexibility index (Phi) is 7.55. The van der Waals surface area contributed by atoms with E-state index in [1.54, 1.807) is 48.5 Å². The van der Waals surface area contributed by atoms with Gasteiger partial charge in [0.15, 0.2) is 0 Å². The zero-order valence-corrected chi connectivity index (χ0v) is 15.9. The van der Waals surface area contributed by atoms with E-state index in [2.05, 4.69) is 0 Å². The second kappa shape index (κ2) is 10.8. The fourth-order valence-electron chi connectivity index (χ4n) is 2.59. The average Bonchev–Trinajstić information content (AvgIpc) is 2.80. The number of esters is 2. The highest BCUT2D eigenvalue weighted by Gasteiger charge is 2.17. The van der Waals surface area contributed by atoms with Crippen LogP contribution in [0, 0.1) is 0 Å². The smallest absolute Gasteiger partial charge is 0.338 e. The first kappa shape index (κ1) is 20.3. The lowest BCUT2D eigenvalue weighted by Gasteiger charge is -2.18. The molecule has 0 radical (unpaired) electrons. The molecule has 0 unspecified atom stereocenters. The minimum absolute atomic E-state index is 0.0252. The predicted octanol–water partition coefficient (Wildman–Crippen LogP) is 4.29. The number of carbonyl (C=O) groups is 2. The van der Waals surface area contributed by atoms with Crippen molar-refractivity contribution in [2.24, 2.45) is 0 Å². The molecule has 29 heavy (non-hydrogen) atoms. The third-order valence-electron chi connectivity index (χ3n) is 4.15. The Balaban J connectivity index is 1.57. The van der Waals surface area contributed by atoms with Gasteiger partial charge in [-0.05, 0) is 29.8 Å². The van der Waals surface area contributed by atoms with E-state index in [1.807, 2.05) is 42.5 Å². The predicted molar refractivity (Wildman–Crippen MR) is 108 cm³/mol. The van der Waals surface area contributed by atoms with E-state index in [4.69, 9.17) is 14.2 Å². The zero-order chi connectivity index (χ0) is 20.3. The summed E-state index contributed by atoms with van der Waals surface area (Å²) >= 11 is 0. The molecule has 0 aromatic heterocycles. The van der Waals surface area contributed by atoms with Gasteiger partial charge in [0, 0.05) is 0 Å². The lowest BCUT2D eigenvalue weighted by molar-refractivity contribution is -0.0465. The van der Waals surface area contributed by atoms with Crippen molar-refractivity contribution in [1.29, 1.82) is 0 Å². The molecule has 3 rings (SSSR count). The third kappa shape index (κ3) is 6.59. The van der Waals surface area contributed by atoms with E-state index in [0.717, 1.165) is 5.56 Å². The third-order valence-corrected chi connectivity index (χ3v) is 4.15. The Morgan fingerprint density at radius 3 is 1.48 bits per heavy atom. The summed E-state index contributed by atoms with van der Waals surface area (Å²) in [6, 6.07) is 27.0. The van der Waals surface area contributed by atoms with Crippen LogP contribution >= 0.6 is 0 Å². The normalized spacial score (nSPS) is 10.5. The first-order valence-corrected chi connectivity index (χ1v) is 9.32. The maximum Gasteiger partial charge on any atom is 0.338 e. The van der Waals surface area contributed by atoms with Crippen LogP contribution in [0.15, 0.2) is 91.0 Å². The van der Waals surface area contributed by atoms with Crippen molar-refractivity contribution in [3.8, 4) is 0 Å². The second-order valence-corrected chi connectivity index (χ2v) is 6.35. The molecule has 0 bridgehead atoms.